The number of hydrogen-bond acceptors (Lipinski definition) is 2. The predicted octanol–water partition coefficient (Wildman–Crippen LogP) is 3.78. The van der Waals surface area contributed by atoms with Gasteiger partial charge in [0.05, 0.1) is 6.54 Å². The fraction of sp³-hybridized carbons (Fsp3) is 0.538. The van der Waals surface area contributed by atoms with Gasteiger partial charge in [0, 0.05) is 29.8 Å². The minimum atomic E-state index is -4.10. The Morgan fingerprint density at radius 2 is 1.74 bits per heavy atom. The van der Waals surface area contributed by atoms with Crippen molar-refractivity contribution in [2.24, 2.45) is 0 Å². The maximum atomic E-state index is 12.3. The zero-order valence-corrected chi connectivity index (χ0v) is 11.1. The van der Waals surface area contributed by atoms with Gasteiger partial charge in [-0.15, -0.1) is 0 Å². The standard InChI is InChI=1S/C13H16ClF3N2/c14-10-1-3-11(4-2-10)18-12-5-7-19(8-6-12)9-13(15,16)17/h1-4,12,18H,5-9H2. The molecular weight excluding hydrogens is 277 g/mol. The quantitative estimate of drug-likeness (QED) is 0.912. The number of halogens is 4. The van der Waals surface area contributed by atoms with E-state index >= 15 is 0 Å². The summed E-state index contributed by atoms with van der Waals surface area (Å²) < 4.78 is 36.8. The Hall–Kier alpha value is -0.940. The number of hydrogen-bond donors (Lipinski definition) is 1. The van der Waals surface area contributed by atoms with E-state index in [-0.39, 0.29) is 6.04 Å². The van der Waals surface area contributed by atoms with Crippen LogP contribution in [0.2, 0.25) is 5.02 Å². The van der Waals surface area contributed by atoms with Crippen LogP contribution in [0.15, 0.2) is 24.3 Å². The van der Waals surface area contributed by atoms with Gasteiger partial charge in [0.15, 0.2) is 0 Å². The maximum absolute atomic E-state index is 12.3. The second kappa shape index (κ2) is 6.01. The molecule has 1 aromatic carbocycles. The fourth-order valence-electron chi connectivity index (χ4n) is 2.27. The Labute approximate surface area is 115 Å². The smallest absolute Gasteiger partial charge is 0.382 e. The van der Waals surface area contributed by atoms with E-state index in [1.165, 1.54) is 4.90 Å². The highest BCUT2D eigenvalue weighted by Crippen LogP contribution is 2.22. The Kier molecular flexibility index (Phi) is 4.58. The predicted molar refractivity (Wildman–Crippen MR) is 70.6 cm³/mol. The summed E-state index contributed by atoms with van der Waals surface area (Å²) in [6.45, 7) is 0.149. The molecule has 1 aromatic rings. The van der Waals surface area contributed by atoms with Gasteiger partial charge in [-0.05, 0) is 37.1 Å². The van der Waals surface area contributed by atoms with Gasteiger partial charge in [-0.1, -0.05) is 11.6 Å². The fourth-order valence-corrected chi connectivity index (χ4v) is 2.40. The van der Waals surface area contributed by atoms with Crippen molar-refractivity contribution in [1.29, 1.82) is 0 Å². The van der Waals surface area contributed by atoms with Crippen LogP contribution in [0.1, 0.15) is 12.8 Å². The van der Waals surface area contributed by atoms with E-state index in [0.29, 0.717) is 18.1 Å². The Morgan fingerprint density at radius 1 is 1.16 bits per heavy atom. The molecule has 0 aliphatic carbocycles. The summed E-state index contributed by atoms with van der Waals surface area (Å²) in [5.41, 5.74) is 0.957. The average Bonchev–Trinajstić information content (AvgIpc) is 2.33. The van der Waals surface area contributed by atoms with Crippen LogP contribution in [0.25, 0.3) is 0 Å². The molecular formula is C13H16ClF3N2. The first kappa shape index (κ1) is 14.5. The lowest BCUT2D eigenvalue weighted by atomic mass is 10.0. The molecule has 1 N–H and O–H groups in total. The van der Waals surface area contributed by atoms with Gasteiger partial charge in [-0.25, -0.2) is 0 Å². The lowest BCUT2D eigenvalue weighted by Crippen LogP contribution is -2.43. The van der Waals surface area contributed by atoms with Crippen molar-refractivity contribution in [2.45, 2.75) is 25.1 Å². The number of alkyl halides is 3. The van der Waals surface area contributed by atoms with Crippen molar-refractivity contribution in [1.82, 2.24) is 4.90 Å². The third-order valence-electron chi connectivity index (χ3n) is 3.21. The molecule has 2 rings (SSSR count). The van der Waals surface area contributed by atoms with Crippen LogP contribution in [-0.2, 0) is 0 Å². The summed E-state index contributed by atoms with van der Waals surface area (Å²) in [5.74, 6) is 0. The molecule has 6 heteroatoms. The van der Waals surface area contributed by atoms with Gasteiger partial charge in [-0.3, -0.25) is 4.90 Å². The summed E-state index contributed by atoms with van der Waals surface area (Å²) in [6, 6.07) is 7.57. The van der Waals surface area contributed by atoms with Crippen molar-refractivity contribution in [3.8, 4) is 0 Å². The van der Waals surface area contributed by atoms with Crippen molar-refractivity contribution in [3.05, 3.63) is 29.3 Å². The van der Waals surface area contributed by atoms with Crippen LogP contribution in [0.3, 0.4) is 0 Å². The van der Waals surface area contributed by atoms with Crippen molar-refractivity contribution >= 4 is 17.3 Å². The van der Waals surface area contributed by atoms with Gasteiger partial charge in [-0.2, -0.15) is 13.2 Å². The number of rotatable bonds is 3. The molecule has 0 spiro atoms. The molecule has 0 amide bonds. The average molecular weight is 293 g/mol. The SMILES string of the molecule is FC(F)(F)CN1CCC(Nc2ccc(Cl)cc2)CC1. The van der Waals surface area contributed by atoms with Crippen LogP contribution in [0.5, 0.6) is 0 Å². The van der Waals surface area contributed by atoms with Gasteiger partial charge in [0.2, 0.25) is 0 Å². The Balaban J connectivity index is 1.79. The van der Waals surface area contributed by atoms with Crippen molar-refractivity contribution in [3.63, 3.8) is 0 Å². The third kappa shape index (κ3) is 4.91. The molecule has 1 aliphatic heterocycles. The van der Waals surface area contributed by atoms with Crippen LogP contribution in [-0.4, -0.2) is 36.8 Å². The molecule has 0 bridgehead atoms. The number of nitrogens with zero attached hydrogens (tertiary/aromatic N) is 1. The summed E-state index contributed by atoms with van der Waals surface area (Å²) in [6.07, 6.45) is -2.66. The number of nitrogens with one attached hydrogen (secondary N) is 1. The molecule has 0 unspecified atom stereocenters. The number of piperidine rings is 1. The van der Waals surface area contributed by atoms with E-state index in [2.05, 4.69) is 5.32 Å². The molecule has 2 nitrogen and oxygen atoms in total. The summed E-state index contributed by atoms with van der Waals surface area (Å²) in [4.78, 5) is 1.46. The Bertz CT molecular complexity index is 397. The van der Waals surface area contributed by atoms with Gasteiger partial charge < -0.3 is 5.32 Å². The topological polar surface area (TPSA) is 15.3 Å². The number of anilines is 1. The molecule has 0 aromatic heterocycles. The Morgan fingerprint density at radius 3 is 2.26 bits per heavy atom. The third-order valence-corrected chi connectivity index (χ3v) is 3.46. The lowest BCUT2D eigenvalue weighted by molar-refractivity contribution is -0.147. The van der Waals surface area contributed by atoms with Crippen molar-refractivity contribution < 1.29 is 13.2 Å². The van der Waals surface area contributed by atoms with E-state index in [9.17, 15) is 13.2 Å². The number of likely N-dealkylation sites (tertiary alicyclic amines) is 1. The molecule has 1 fully saturated rings. The van der Waals surface area contributed by atoms with Crippen LogP contribution >= 0.6 is 11.6 Å². The minimum Gasteiger partial charge on any atom is -0.382 e. The zero-order valence-electron chi connectivity index (χ0n) is 10.4. The first-order valence-corrected chi connectivity index (χ1v) is 6.61. The van der Waals surface area contributed by atoms with Gasteiger partial charge >= 0.3 is 6.18 Å². The minimum absolute atomic E-state index is 0.227. The van der Waals surface area contributed by atoms with E-state index in [1.807, 2.05) is 12.1 Å². The van der Waals surface area contributed by atoms with Gasteiger partial charge in [0.1, 0.15) is 0 Å². The second-order valence-corrected chi connectivity index (χ2v) is 5.25. The maximum Gasteiger partial charge on any atom is 0.401 e. The second-order valence-electron chi connectivity index (χ2n) is 4.82. The summed E-state index contributed by atoms with van der Waals surface area (Å²) >= 11 is 5.79. The summed E-state index contributed by atoms with van der Waals surface area (Å²) in [7, 11) is 0. The molecule has 0 atom stereocenters. The highest BCUT2D eigenvalue weighted by molar-refractivity contribution is 6.30. The molecule has 106 valence electrons. The highest BCUT2D eigenvalue weighted by atomic mass is 35.5. The zero-order chi connectivity index (χ0) is 13.9. The molecule has 0 radical (unpaired) electrons. The van der Waals surface area contributed by atoms with E-state index in [0.717, 1.165) is 18.5 Å². The molecule has 19 heavy (non-hydrogen) atoms. The highest BCUT2D eigenvalue weighted by Gasteiger charge is 2.32. The van der Waals surface area contributed by atoms with E-state index in [1.54, 1.807) is 12.1 Å². The van der Waals surface area contributed by atoms with E-state index < -0.39 is 12.7 Å². The molecule has 1 heterocycles. The van der Waals surface area contributed by atoms with E-state index in [4.69, 9.17) is 11.6 Å². The monoisotopic (exact) mass is 292 g/mol. The van der Waals surface area contributed by atoms with Crippen molar-refractivity contribution in [2.75, 3.05) is 25.0 Å². The largest absolute Gasteiger partial charge is 0.401 e. The van der Waals surface area contributed by atoms with Gasteiger partial charge in [0.25, 0.3) is 0 Å². The van der Waals surface area contributed by atoms with Crippen LogP contribution in [0, 0.1) is 0 Å². The lowest BCUT2D eigenvalue weighted by Gasteiger charge is -2.33. The van der Waals surface area contributed by atoms with Crippen LogP contribution < -0.4 is 5.32 Å². The molecule has 0 saturated carbocycles. The van der Waals surface area contributed by atoms with Crippen LogP contribution in [0.4, 0.5) is 18.9 Å². The number of benzene rings is 1. The normalized spacial score (nSPS) is 18.5. The molecule has 1 aliphatic rings. The summed E-state index contributed by atoms with van der Waals surface area (Å²) in [5, 5.41) is 4.00. The first-order chi connectivity index (χ1) is 8.92. The molecule has 1 saturated heterocycles. The first-order valence-electron chi connectivity index (χ1n) is 6.23.